The molecule has 0 aliphatic heterocycles. The summed E-state index contributed by atoms with van der Waals surface area (Å²) in [7, 11) is 1.82. The minimum atomic E-state index is -0.0158. The molecular weight excluding hydrogens is 192 g/mol. The van der Waals surface area contributed by atoms with E-state index in [4.69, 9.17) is 5.11 Å². The van der Waals surface area contributed by atoms with Crippen LogP contribution in [0.3, 0.4) is 0 Å². The van der Waals surface area contributed by atoms with Crippen molar-refractivity contribution in [2.75, 3.05) is 20.2 Å². The summed E-state index contributed by atoms with van der Waals surface area (Å²) in [5, 5.41) is 14.8. The van der Waals surface area contributed by atoms with Gasteiger partial charge < -0.3 is 15.7 Å². The smallest absolute Gasteiger partial charge is 0.221 e. The highest BCUT2D eigenvalue weighted by atomic mass is 16.3. The van der Waals surface area contributed by atoms with Gasteiger partial charge in [-0.05, 0) is 18.9 Å². The zero-order valence-corrected chi connectivity index (χ0v) is 10.3. The molecule has 0 saturated carbocycles. The predicted molar refractivity (Wildman–Crippen MR) is 61.6 cm³/mol. The molecule has 0 radical (unpaired) electrons. The lowest BCUT2D eigenvalue weighted by Gasteiger charge is -2.31. The Hall–Kier alpha value is -0.610. The van der Waals surface area contributed by atoms with Crippen molar-refractivity contribution in [2.24, 2.45) is 5.41 Å². The molecule has 0 heterocycles. The Morgan fingerprint density at radius 3 is 2.40 bits per heavy atom. The highest BCUT2D eigenvalue weighted by Crippen LogP contribution is 2.21. The highest BCUT2D eigenvalue weighted by molar-refractivity contribution is 5.76. The second kappa shape index (κ2) is 6.80. The summed E-state index contributed by atoms with van der Waals surface area (Å²) in [5.41, 5.74) is -0.0158. The van der Waals surface area contributed by atoms with Crippen LogP contribution in [-0.4, -0.2) is 37.3 Å². The molecule has 90 valence electrons. The lowest BCUT2D eigenvalue weighted by atomic mass is 9.85. The summed E-state index contributed by atoms with van der Waals surface area (Å²) in [6.07, 6.45) is 1.09. The highest BCUT2D eigenvalue weighted by Gasteiger charge is 2.25. The molecular formula is C11H24N2O2. The molecule has 1 amide bonds. The van der Waals surface area contributed by atoms with Crippen LogP contribution in [0, 0.1) is 5.41 Å². The third-order valence-electron chi connectivity index (χ3n) is 2.40. The van der Waals surface area contributed by atoms with Gasteiger partial charge in [0.25, 0.3) is 0 Å². The standard InChI is InChI=1S/C11H24N2O2/c1-11(2,3)9(6-8-14)13-10(15)5-7-12-4/h9,12,14H,5-8H2,1-4H3,(H,13,15). The zero-order valence-electron chi connectivity index (χ0n) is 10.3. The molecule has 0 bridgehead atoms. The zero-order chi connectivity index (χ0) is 11.9. The number of hydrogen-bond donors (Lipinski definition) is 3. The van der Waals surface area contributed by atoms with Crippen molar-refractivity contribution in [3.63, 3.8) is 0 Å². The normalized spacial score (nSPS) is 13.7. The van der Waals surface area contributed by atoms with E-state index in [0.717, 1.165) is 0 Å². The van der Waals surface area contributed by atoms with E-state index >= 15 is 0 Å². The Bertz CT molecular complexity index is 188. The van der Waals surface area contributed by atoms with E-state index in [1.807, 2.05) is 7.05 Å². The monoisotopic (exact) mass is 216 g/mol. The van der Waals surface area contributed by atoms with Crippen LogP contribution in [0.15, 0.2) is 0 Å². The maximum atomic E-state index is 11.5. The molecule has 1 unspecified atom stereocenters. The van der Waals surface area contributed by atoms with Crippen LogP contribution in [0.5, 0.6) is 0 Å². The van der Waals surface area contributed by atoms with E-state index in [0.29, 0.717) is 19.4 Å². The van der Waals surface area contributed by atoms with Gasteiger partial charge in [0.1, 0.15) is 0 Å². The lowest BCUT2D eigenvalue weighted by molar-refractivity contribution is -0.122. The van der Waals surface area contributed by atoms with Gasteiger partial charge in [-0.15, -0.1) is 0 Å². The van der Waals surface area contributed by atoms with Crippen molar-refractivity contribution >= 4 is 5.91 Å². The van der Waals surface area contributed by atoms with Gasteiger partial charge in [0.05, 0.1) is 0 Å². The molecule has 0 aromatic heterocycles. The topological polar surface area (TPSA) is 61.4 Å². The molecule has 0 saturated heterocycles. The van der Waals surface area contributed by atoms with E-state index in [-0.39, 0.29) is 24.0 Å². The predicted octanol–water partition coefficient (Wildman–Crippen LogP) is 0.509. The summed E-state index contributed by atoms with van der Waals surface area (Å²) in [4.78, 5) is 11.5. The maximum absolute atomic E-state index is 11.5. The Morgan fingerprint density at radius 1 is 1.40 bits per heavy atom. The molecule has 0 aliphatic rings. The third kappa shape index (κ3) is 6.47. The third-order valence-corrected chi connectivity index (χ3v) is 2.40. The fourth-order valence-corrected chi connectivity index (χ4v) is 1.36. The van der Waals surface area contributed by atoms with Crippen molar-refractivity contribution in [1.29, 1.82) is 0 Å². The second-order valence-electron chi connectivity index (χ2n) is 4.85. The Balaban J connectivity index is 4.11. The lowest BCUT2D eigenvalue weighted by Crippen LogP contribution is -2.44. The largest absolute Gasteiger partial charge is 0.396 e. The van der Waals surface area contributed by atoms with Crippen LogP contribution in [0.1, 0.15) is 33.6 Å². The number of rotatable bonds is 6. The van der Waals surface area contributed by atoms with Gasteiger partial charge in [-0.2, -0.15) is 0 Å². The molecule has 4 nitrogen and oxygen atoms in total. The van der Waals surface area contributed by atoms with Gasteiger partial charge in [0, 0.05) is 25.6 Å². The molecule has 0 spiro atoms. The molecule has 3 N–H and O–H groups in total. The fourth-order valence-electron chi connectivity index (χ4n) is 1.36. The van der Waals surface area contributed by atoms with Crippen LogP contribution >= 0.6 is 0 Å². The molecule has 0 aliphatic carbocycles. The molecule has 0 fully saturated rings. The first-order valence-corrected chi connectivity index (χ1v) is 5.46. The first kappa shape index (κ1) is 14.4. The van der Waals surface area contributed by atoms with Crippen LogP contribution in [0.2, 0.25) is 0 Å². The van der Waals surface area contributed by atoms with Crippen LogP contribution in [-0.2, 0) is 4.79 Å². The van der Waals surface area contributed by atoms with Gasteiger partial charge in [-0.25, -0.2) is 0 Å². The first-order valence-electron chi connectivity index (χ1n) is 5.46. The summed E-state index contributed by atoms with van der Waals surface area (Å²) < 4.78 is 0. The van der Waals surface area contributed by atoms with Gasteiger partial charge in [0.15, 0.2) is 0 Å². The summed E-state index contributed by atoms with van der Waals surface area (Å²) in [6, 6.07) is 0.0341. The molecule has 1 atom stereocenters. The van der Waals surface area contributed by atoms with E-state index in [1.54, 1.807) is 0 Å². The Morgan fingerprint density at radius 2 is 2.00 bits per heavy atom. The van der Waals surface area contributed by atoms with Crippen molar-refractivity contribution in [2.45, 2.75) is 39.7 Å². The number of amides is 1. The Kier molecular flexibility index (Phi) is 6.52. The van der Waals surface area contributed by atoms with E-state index < -0.39 is 0 Å². The minimum Gasteiger partial charge on any atom is -0.396 e. The van der Waals surface area contributed by atoms with Crippen molar-refractivity contribution in [1.82, 2.24) is 10.6 Å². The first-order chi connectivity index (χ1) is 6.91. The van der Waals surface area contributed by atoms with Crippen LogP contribution in [0.25, 0.3) is 0 Å². The summed E-state index contributed by atoms with van der Waals surface area (Å²) in [5.74, 6) is 0.0396. The SMILES string of the molecule is CNCCC(=O)NC(CCO)C(C)(C)C. The molecule has 0 aromatic carbocycles. The maximum Gasteiger partial charge on any atom is 0.221 e. The number of carbonyl (C=O) groups is 1. The van der Waals surface area contributed by atoms with Crippen LogP contribution < -0.4 is 10.6 Å². The summed E-state index contributed by atoms with van der Waals surface area (Å²) >= 11 is 0. The van der Waals surface area contributed by atoms with Crippen molar-refractivity contribution in [3.05, 3.63) is 0 Å². The van der Waals surface area contributed by atoms with Crippen molar-refractivity contribution in [3.8, 4) is 0 Å². The van der Waals surface area contributed by atoms with Crippen LogP contribution in [0.4, 0.5) is 0 Å². The number of hydrogen-bond acceptors (Lipinski definition) is 3. The molecule has 0 aromatic rings. The minimum absolute atomic E-state index is 0.0158. The molecule has 4 heteroatoms. The van der Waals surface area contributed by atoms with Gasteiger partial charge in [-0.3, -0.25) is 4.79 Å². The number of aliphatic hydroxyl groups excluding tert-OH is 1. The molecule has 15 heavy (non-hydrogen) atoms. The molecule has 0 rings (SSSR count). The number of nitrogens with one attached hydrogen (secondary N) is 2. The van der Waals surface area contributed by atoms with Gasteiger partial charge >= 0.3 is 0 Å². The number of aliphatic hydroxyl groups is 1. The van der Waals surface area contributed by atoms with Gasteiger partial charge in [0.2, 0.25) is 5.91 Å². The summed E-state index contributed by atoms with van der Waals surface area (Å²) in [6.45, 7) is 6.97. The quantitative estimate of drug-likeness (QED) is 0.606. The Labute approximate surface area is 92.4 Å². The van der Waals surface area contributed by atoms with E-state index in [9.17, 15) is 4.79 Å². The van der Waals surface area contributed by atoms with Crippen molar-refractivity contribution < 1.29 is 9.90 Å². The van der Waals surface area contributed by atoms with E-state index in [2.05, 4.69) is 31.4 Å². The van der Waals surface area contributed by atoms with E-state index in [1.165, 1.54) is 0 Å². The second-order valence-corrected chi connectivity index (χ2v) is 4.85. The number of carbonyl (C=O) groups excluding carboxylic acids is 1. The fraction of sp³-hybridized carbons (Fsp3) is 0.909. The average molecular weight is 216 g/mol. The average Bonchev–Trinajstić information content (AvgIpc) is 2.12. The van der Waals surface area contributed by atoms with Gasteiger partial charge in [-0.1, -0.05) is 20.8 Å².